The number of thiophene rings is 3. The van der Waals surface area contributed by atoms with Gasteiger partial charge in [0.2, 0.25) is 0 Å². The van der Waals surface area contributed by atoms with Gasteiger partial charge in [0.1, 0.15) is 4.83 Å². The standard InChI is InChI=1S/C19H12N4O2S3.ClH/c1-10-8-14(24)23(19(10)25)22-17-15-11(12-4-2-6-26-12)9-28-18(15)21-16(20-17)13-5-3-7-27-13;/h2-9H,1H3,(H,20,21,22);1H. The number of nitrogens with zero attached hydrogens (tertiary/aromatic N) is 3. The van der Waals surface area contributed by atoms with Gasteiger partial charge >= 0.3 is 0 Å². The predicted molar refractivity (Wildman–Crippen MR) is 121 cm³/mol. The summed E-state index contributed by atoms with van der Waals surface area (Å²) in [6.45, 7) is 1.62. The average molecular weight is 461 g/mol. The van der Waals surface area contributed by atoms with Crippen molar-refractivity contribution < 1.29 is 9.59 Å². The molecule has 5 rings (SSSR count). The number of amides is 2. The highest BCUT2D eigenvalue weighted by atomic mass is 35.5. The van der Waals surface area contributed by atoms with Gasteiger partial charge in [-0.1, -0.05) is 12.1 Å². The van der Waals surface area contributed by atoms with Crippen LogP contribution in [0.5, 0.6) is 0 Å². The minimum absolute atomic E-state index is 0. The molecule has 1 aliphatic rings. The van der Waals surface area contributed by atoms with Crippen molar-refractivity contribution in [1.82, 2.24) is 15.0 Å². The maximum absolute atomic E-state index is 12.4. The Balaban J connectivity index is 0.00000205. The van der Waals surface area contributed by atoms with Crippen LogP contribution >= 0.6 is 46.4 Å². The lowest BCUT2D eigenvalue weighted by molar-refractivity contribution is -0.135. The summed E-state index contributed by atoms with van der Waals surface area (Å²) < 4.78 is 0. The molecule has 2 amide bonds. The molecule has 0 saturated heterocycles. The summed E-state index contributed by atoms with van der Waals surface area (Å²) in [5.41, 5.74) is 4.33. The maximum atomic E-state index is 12.4. The van der Waals surface area contributed by atoms with Crippen LogP contribution in [-0.4, -0.2) is 26.8 Å². The SMILES string of the molecule is CC1=CC(=O)N(Nc2nc(-c3cccs3)nc3scc(-c4cccs4)c23)C1=O.Cl. The molecule has 146 valence electrons. The summed E-state index contributed by atoms with van der Waals surface area (Å²) in [6, 6.07) is 7.90. The molecule has 0 bridgehead atoms. The highest BCUT2D eigenvalue weighted by Crippen LogP contribution is 2.40. The number of aromatic nitrogens is 2. The molecule has 5 heterocycles. The number of hydrazine groups is 1. The molecule has 0 fully saturated rings. The van der Waals surface area contributed by atoms with Crippen molar-refractivity contribution in [2.75, 3.05) is 5.43 Å². The van der Waals surface area contributed by atoms with Crippen molar-refractivity contribution in [1.29, 1.82) is 0 Å². The fourth-order valence-corrected chi connectivity index (χ4v) is 5.37. The van der Waals surface area contributed by atoms with Gasteiger partial charge in [0.15, 0.2) is 11.6 Å². The number of fused-ring (bicyclic) bond motifs is 1. The van der Waals surface area contributed by atoms with Gasteiger partial charge < -0.3 is 0 Å². The summed E-state index contributed by atoms with van der Waals surface area (Å²) in [4.78, 5) is 36.8. The van der Waals surface area contributed by atoms with Crippen molar-refractivity contribution in [3.8, 4) is 21.1 Å². The third kappa shape index (κ3) is 3.36. The summed E-state index contributed by atoms with van der Waals surface area (Å²) in [7, 11) is 0. The van der Waals surface area contributed by atoms with Gasteiger partial charge in [-0.2, -0.15) is 5.01 Å². The molecule has 0 unspecified atom stereocenters. The van der Waals surface area contributed by atoms with Gasteiger partial charge in [0, 0.05) is 27.5 Å². The Bertz CT molecular complexity index is 1250. The van der Waals surface area contributed by atoms with Crippen LogP contribution in [0.1, 0.15) is 6.92 Å². The molecular formula is C19H13ClN4O2S3. The van der Waals surface area contributed by atoms with Gasteiger partial charge in [-0.15, -0.1) is 46.4 Å². The topological polar surface area (TPSA) is 75.2 Å². The number of carbonyl (C=O) groups is 2. The van der Waals surface area contributed by atoms with Gasteiger partial charge in [0.05, 0.1) is 10.3 Å². The molecule has 10 heteroatoms. The zero-order valence-electron chi connectivity index (χ0n) is 14.9. The number of anilines is 1. The Labute approximate surface area is 183 Å². The van der Waals surface area contributed by atoms with Crippen molar-refractivity contribution >= 4 is 74.3 Å². The van der Waals surface area contributed by atoms with Crippen LogP contribution in [0, 0.1) is 0 Å². The first-order chi connectivity index (χ1) is 13.6. The molecule has 0 spiro atoms. The number of halogens is 1. The third-order valence-electron chi connectivity index (χ3n) is 4.28. The first kappa shape index (κ1) is 19.7. The molecule has 4 aromatic heterocycles. The number of carbonyl (C=O) groups excluding carboxylic acids is 2. The molecule has 0 aliphatic carbocycles. The lowest BCUT2D eigenvalue weighted by Crippen LogP contribution is -2.36. The molecule has 0 aromatic carbocycles. The van der Waals surface area contributed by atoms with Crippen LogP contribution < -0.4 is 5.43 Å². The van der Waals surface area contributed by atoms with E-state index in [0.717, 1.165) is 30.5 Å². The Kier molecular flexibility index (Phi) is 5.22. The van der Waals surface area contributed by atoms with E-state index in [1.807, 2.05) is 40.4 Å². The second kappa shape index (κ2) is 7.68. The molecule has 0 saturated carbocycles. The minimum atomic E-state index is -0.403. The molecule has 1 aliphatic heterocycles. The molecule has 4 aromatic rings. The average Bonchev–Trinajstić information content (AvgIpc) is 3.46. The molecule has 29 heavy (non-hydrogen) atoms. The molecule has 0 atom stereocenters. The second-order valence-corrected chi connectivity index (χ2v) is 8.85. The zero-order valence-corrected chi connectivity index (χ0v) is 18.2. The number of imide groups is 1. The van der Waals surface area contributed by atoms with Crippen molar-refractivity contribution in [2.24, 2.45) is 0 Å². The van der Waals surface area contributed by atoms with E-state index in [-0.39, 0.29) is 18.3 Å². The minimum Gasteiger partial charge on any atom is -0.271 e. The summed E-state index contributed by atoms with van der Waals surface area (Å²) in [5, 5.41) is 7.81. The van der Waals surface area contributed by atoms with Crippen molar-refractivity contribution in [3.05, 3.63) is 52.1 Å². The van der Waals surface area contributed by atoms with Gasteiger partial charge in [-0.3, -0.25) is 15.0 Å². The van der Waals surface area contributed by atoms with E-state index in [1.54, 1.807) is 18.3 Å². The van der Waals surface area contributed by atoms with E-state index < -0.39 is 5.91 Å². The van der Waals surface area contributed by atoms with Crippen LogP contribution in [0.2, 0.25) is 0 Å². The van der Waals surface area contributed by atoms with Crippen LogP contribution in [0.25, 0.3) is 31.4 Å². The Morgan fingerprint density at radius 3 is 2.34 bits per heavy atom. The predicted octanol–water partition coefficient (Wildman–Crippen LogP) is 5.21. The Morgan fingerprint density at radius 2 is 1.72 bits per heavy atom. The first-order valence-electron chi connectivity index (χ1n) is 8.32. The van der Waals surface area contributed by atoms with Crippen molar-refractivity contribution in [2.45, 2.75) is 6.92 Å². The quantitative estimate of drug-likeness (QED) is 0.423. The van der Waals surface area contributed by atoms with Gasteiger partial charge in [-0.25, -0.2) is 9.97 Å². The highest BCUT2D eigenvalue weighted by molar-refractivity contribution is 7.18. The van der Waals surface area contributed by atoms with E-state index in [1.165, 1.54) is 28.7 Å². The van der Waals surface area contributed by atoms with E-state index in [9.17, 15) is 9.59 Å². The second-order valence-electron chi connectivity index (χ2n) is 6.10. The van der Waals surface area contributed by atoms with Gasteiger partial charge in [-0.05, 0) is 29.8 Å². The maximum Gasteiger partial charge on any atom is 0.275 e. The Hall–Kier alpha value is -2.59. The number of hydrogen-bond donors (Lipinski definition) is 1. The first-order valence-corrected chi connectivity index (χ1v) is 11.0. The van der Waals surface area contributed by atoms with Crippen LogP contribution in [0.15, 0.2) is 52.1 Å². The van der Waals surface area contributed by atoms with Crippen LogP contribution in [0.4, 0.5) is 5.82 Å². The summed E-state index contributed by atoms with van der Waals surface area (Å²) >= 11 is 4.67. The summed E-state index contributed by atoms with van der Waals surface area (Å²) in [6.07, 6.45) is 1.32. The van der Waals surface area contributed by atoms with Crippen LogP contribution in [-0.2, 0) is 9.59 Å². The number of hydrogen-bond acceptors (Lipinski definition) is 8. The molecule has 0 radical (unpaired) electrons. The zero-order chi connectivity index (χ0) is 19.3. The molecular weight excluding hydrogens is 448 g/mol. The van der Waals surface area contributed by atoms with Crippen LogP contribution in [0.3, 0.4) is 0 Å². The van der Waals surface area contributed by atoms with E-state index >= 15 is 0 Å². The smallest absolute Gasteiger partial charge is 0.271 e. The number of rotatable bonds is 4. The lowest BCUT2D eigenvalue weighted by atomic mass is 10.2. The fraction of sp³-hybridized carbons (Fsp3) is 0.0526. The van der Waals surface area contributed by atoms with E-state index in [0.29, 0.717) is 17.2 Å². The molecule has 1 N–H and O–H groups in total. The third-order valence-corrected chi connectivity index (χ3v) is 6.92. The largest absolute Gasteiger partial charge is 0.275 e. The van der Waals surface area contributed by atoms with E-state index in [2.05, 4.69) is 10.4 Å². The Morgan fingerprint density at radius 1 is 1.00 bits per heavy atom. The summed E-state index contributed by atoms with van der Waals surface area (Å²) in [5.74, 6) is 0.235. The van der Waals surface area contributed by atoms with Gasteiger partial charge in [0.25, 0.3) is 11.8 Å². The molecule has 6 nitrogen and oxygen atoms in total. The number of nitrogens with one attached hydrogen (secondary N) is 1. The highest BCUT2D eigenvalue weighted by Gasteiger charge is 2.30. The van der Waals surface area contributed by atoms with Crippen molar-refractivity contribution in [3.63, 3.8) is 0 Å². The normalized spacial score (nSPS) is 13.7. The van der Waals surface area contributed by atoms with E-state index in [4.69, 9.17) is 4.98 Å². The lowest BCUT2D eigenvalue weighted by Gasteiger charge is -2.17. The monoisotopic (exact) mass is 460 g/mol. The fourth-order valence-electron chi connectivity index (χ4n) is 2.95.